The van der Waals surface area contributed by atoms with Gasteiger partial charge >= 0.3 is 0 Å². The highest BCUT2D eigenvalue weighted by Gasteiger charge is 1.99. The van der Waals surface area contributed by atoms with E-state index in [0.29, 0.717) is 0 Å². The number of thioether (sulfide) groups is 1. The zero-order valence-electron chi connectivity index (χ0n) is 15.6. The molecule has 0 aliphatic carbocycles. The third-order valence-corrected chi connectivity index (χ3v) is 7.70. The van der Waals surface area contributed by atoms with Gasteiger partial charge in [-0.15, -0.1) is 24.4 Å². The SMILES string of the molecule is Brc1cc(Br)cc(Br)c1.CS(=O)c1cc(Br)cc(Br)c1.CSc1cc(S)cc(Br)c1. The molecule has 0 aliphatic rings. The summed E-state index contributed by atoms with van der Waals surface area (Å²) in [6, 6.07) is 17.7. The normalized spacial score (nSPS) is 11.0. The van der Waals surface area contributed by atoms with E-state index < -0.39 is 10.8 Å². The van der Waals surface area contributed by atoms with Crippen LogP contribution in [0.1, 0.15) is 0 Å². The van der Waals surface area contributed by atoms with Crippen molar-refractivity contribution in [2.45, 2.75) is 14.7 Å². The smallest absolute Gasteiger partial charge is 0.0498 e. The molecule has 10 heteroatoms. The van der Waals surface area contributed by atoms with Crippen molar-refractivity contribution >= 4 is 131 Å². The summed E-state index contributed by atoms with van der Waals surface area (Å²) < 4.78 is 17.2. The molecular weight excluding hydrogens is 832 g/mol. The second kappa shape index (κ2) is 15.3. The summed E-state index contributed by atoms with van der Waals surface area (Å²) >= 11 is 26.0. The van der Waals surface area contributed by atoms with Gasteiger partial charge in [0.25, 0.3) is 0 Å². The fourth-order valence-electron chi connectivity index (χ4n) is 1.88. The molecule has 3 aromatic carbocycles. The maximum atomic E-state index is 11.0. The van der Waals surface area contributed by atoms with E-state index in [0.717, 1.165) is 36.6 Å². The Kier molecular flexibility index (Phi) is 15.0. The largest absolute Gasteiger partial charge is 0.255 e. The molecule has 0 bridgehead atoms. The Morgan fingerprint density at radius 3 is 1.37 bits per heavy atom. The molecule has 0 spiro atoms. The van der Waals surface area contributed by atoms with Crippen molar-refractivity contribution in [2.24, 2.45) is 0 Å². The van der Waals surface area contributed by atoms with Gasteiger partial charge in [-0.05, 0) is 60.9 Å². The van der Waals surface area contributed by atoms with E-state index in [4.69, 9.17) is 0 Å². The van der Waals surface area contributed by atoms with Crippen LogP contribution >= 0.6 is 120 Å². The van der Waals surface area contributed by atoms with Gasteiger partial charge in [-0.2, -0.15) is 0 Å². The Morgan fingerprint density at radius 1 is 0.667 bits per heavy atom. The summed E-state index contributed by atoms with van der Waals surface area (Å²) in [6.45, 7) is 0. The first-order valence-electron chi connectivity index (χ1n) is 7.95. The van der Waals surface area contributed by atoms with Crippen LogP contribution in [0.25, 0.3) is 0 Å². The molecule has 0 aliphatic heterocycles. The maximum absolute atomic E-state index is 11.0. The Bertz CT molecular complexity index is 923. The van der Waals surface area contributed by atoms with Crippen LogP contribution < -0.4 is 0 Å². The third kappa shape index (κ3) is 12.6. The minimum absolute atomic E-state index is 0.825. The summed E-state index contributed by atoms with van der Waals surface area (Å²) in [7, 11) is -0.910. The lowest BCUT2D eigenvalue weighted by Gasteiger charge is -1.98. The molecule has 30 heavy (non-hydrogen) atoms. The molecule has 1 atom stereocenters. The Morgan fingerprint density at radius 2 is 1.03 bits per heavy atom. The van der Waals surface area contributed by atoms with Crippen LogP contribution in [-0.4, -0.2) is 16.7 Å². The van der Waals surface area contributed by atoms with E-state index in [2.05, 4.69) is 121 Å². The van der Waals surface area contributed by atoms with Crippen molar-refractivity contribution in [3.8, 4) is 0 Å². The molecule has 0 saturated carbocycles. The molecule has 0 N–H and O–H groups in total. The number of thiol groups is 1. The zero-order chi connectivity index (χ0) is 22.8. The predicted octanol–water partition coefficient (Wildman–Crippen LogP) is 10.4. The van der Waals surface area contributed by atoms with Gasteiger partial charge in [-0.3, -0.25) is 4.21 Å². The molecule has 0 aromatic heterocycles. The van der Waals surface area contributed by atoms with Gasteiger partial charge in [0.1, 0.15) is 0 Å². The molecule has 1 unspecified atom stereocenters. The molecule has 162 valence electrons. The number of hydrogen-bond donors (Lipinski definition) is 1. The highest BCUT2D eigenvalue weighted by molar-refractivity contribution is 9.12. The first-order valence-corrected chi connectivity index (χ1v) is 15.9. The van der Waals surface area contributed by atoms with Crippen molar-refractivity contribution in [3.05, 3.63) is 81.4 Å². The van der Waals surface area contributed by atoms with Crippen molar-refractivity contribution in [3.63, 3.8) is 0 Å². The van der Waals surface area contributed by atoms with Gasteiger partial charge in [0.05, 0.1) is 0 Å². The van der Waals surface area contributed by atoms with Gasteiger partial charge in [0, 0.05) is 58.6 Å². The molecule has 1 nitrogen and oxygen atoms in total. The Hall–Kier alpha value is 1.39. The standard InChI is InChI=1S/C7H6Br2OS.C7H7BrS2.C6H3Br3/c1-11(10)7-3-5(8)2-6(9)4-7;1-10-7-3-5(8)2-6(9)4-7;7-4-1-5(8)3-6(9)2-4/h2-4H,1H3;2-4,9H,1H3;1-3H. The third-order valence-electron chi connectivity index (χ3n) is 3.09. The van der Waals surface area contributed by atoms with Gasteiger partial charge < -0.3 is 0 Å². The average molecular weight is 848 g/mol. The molecule has 0 fully saturated rings. The fourth-order valence-corrected chi connectivity index (χ4v) is 8.14. The first-order chi connectivity index (χ1) is 14.0. The van der Waals surface area contributed by atoms with Crippen LogP contribution in [0.2, 0.25) is 0 Å². The second-order valence-electron chi connectivity index (χ2n) is 5.50. The summed E-state index contributed by atoms with van der Waals surface area (Å²) in [5.41, 5.74) is 0. The highest BCUT2D eigenvalue weighted by Crippen LogP contribution is 2.24. The lowest BCUT2D eigenvalue weighted by atomic mass is 10.4. The minimum Gasteiger partial charge on any atom is -0.255 e. The monoisotopic (exact) mass is 842 g/mol. The van der Waals surface area contributed by atoms with Gasteiger partial charge in [-0.25, -0.2) is 0 Å². The van der Waals surface area contributed by atoms with Crippen LogP contribution in [0.5, 0.6) is 0 Å². The minimum atomic E-state index is -0.910. The number of benzene rings is 3. The van der Waals surface area contributed by atoms with Crippen molar-refractivity contribution in [1.82, 2.24) is 0 Å². The van der Waals surface area contributed by atoms with Crippen LogP contribution in [0.4, 0.5) is 0 Å². The average Bonchev–Trinajstić information content (AvgIpc) is 2.60. The van der Waals surface area contributed by atoms with Crippen LogP contribution in [-0.2, 0) is 10.8 Å². The summed E-state index contributed by atoms with van der Waals surface area (Å²) in [6.07, 6.45) is 3.71. The van der Waals surface area contributed by atoms with Gasteiger partial charge in [-0.1, -0.05) is 95.6 Å². The van der Waals surface area contributed by atoms with E-state index in [1.54, 1.807) is 18.0 Å². The van der Waals surface area contributed by atoms with Gasteiger partial charge in [0.2, 0.25) is 0 Å². The molecule has 0 heterocycles. The number of hydrogen-bond acceptors (Lipinski definition) is 3. The number of halogens is 6. The molecule has 0 saturated heterocycles. The van der Waals surface area contributed by atoms with Crippen molar-refractivity contribution < 1.29 is 4.21 Å². The van der Waals surface area contributed by atoms with Crippen LogP contribution in [0, 0.1) is 0 Å². The molecule has 0 radical (unpaired) electrons. The predicted molar refractivity (Wildman–Crippen MR) is 157 cm³/mol. The summed E-state index contributed by atoms with van der Waals surface area (Å²) in [5.74, 6) is 0. The maximum Gasteiger partial charge on any atom is 0.0498 e. The van der Waals surface area contributed by atoms with E-state index in [1.165, 1.54) is 4.90 Å². The molecular formula is C20H16Br6OS3. The highest BCUT2D eigenvalue weighted by atomic mass is 79.9. The van der Waals surface area contributed by atoms with E-state index in [9.17, 15) is 4.21 Å². The van der Waals surface area contributed by atoms with Crippen molar-refractivity contribution in [2.75, 3.05) is 12.5 Å². The molecule has 3 rings (SSSR count). The molecule has 0 amide bonds. The number of rotatable bonds is 2. The zero-order valence-corrected chi connectivity index (χ0v) is 27.7. The Balaban J connectivity index is 0.000000226. The van der Waals surface area contributed by atoms with Crippen molar-refractivity contribution in [1.29, 1.82) is 0 Å². The summed E-state index contributed by atoms with van der Waals surface area (Å²) in [4.78, 5) is 3.06. The second-order valence-corrected chi connectivity index (χ2v) is 13.8. The van der Waals surface area contributed by atoms with Gasteiger partial charge in [0.15, 0.2) is 0 Å². The fraction of sp³-hybridized carbons (Fsp3) is 0.100. The van der Waals surface area contributed by atoms with Crippen LogP contribution in [0.15, 0.2) is 96.1 Å². The topological polar surface area (TPSA) is 17.1 Å². The van der Waals surface area contributed by atoms with E-state index in [1.807, 2.05) is 48.5 Å². The quantitative estimate of drug-likeness (QED) is 0.204. The Labute approximate surface area is 240 Å². The summed E-state index contributed by atoms with van der Waals surface area (Å²) in [5, 5.41) is 0. The lowest BCUT2D eigenvalue weighted by Crippen LogP contribution is -1.86. The van der Waals surface area contributed by atoms with E-state index >= 15 is 0 Å². The molecule has 3 aromatic rings. The van der Waals surface area contributed by atoms with E-state index in [-0.39, 0.29) is 0 Å². The lowest BCUT2D eigenvalue weighted by molar-refractivity contribution is 0.686. The first kappa shape index (κ1) is 29.4. The van der Waals surface area contributed by atoms with Crippen LogP contribution in [0.3, 0.4) is 0 Å².